The van der Waals surface area contributed by atoms with Crippen LogP contribution < -0.4 is 14.2 Å². The molecule has 0 saturated carbocycles. The van der Waals surface area contributed by atoms with Crippen molar-refractivity contribution >= 4 is 22.7 Å². The first kappa shape index (κ1) is 21.9. The maximum Gasteiger partial charge on any atom is 0.339 e. The summed E-state index contributed by atoms with van der Waals surface area (Å²) in [4.78, 5) is 25.4. The quantitative estimate of drug-likeness (QED) is 0.325. The average Bonchev–Trinajstić information content (AvgIpc) is 2.78. The first-order valence-electron chi connectivity index (χ1n) is 9.71. The summed E-state index contributed by atoms with van der Waals surface area (Å²) in [6.07, 6.45) is 2.62. The highest BCUT2D eigenvalue weighted by atomic mass is 16.5. The minimum absolute atomic E-state index is 0.0390. The third-order valence-electron chi connectivity index (χ3n) is 4.69. The first-order valence-corrected chi connectivity index (χ1v) is 9.71. The standard InChI is InChI=1S/C23H23NO7/c1-5-30-18-12-15-11-17(22(25)28-3)21(23(26)29-4)20(14-7-9-24(27)10-8-14)16(15)13-19(18)31-6-2/h7-13H,5-6H2,1-4H3. The minimum Gasteiger partial charge on any atom is -0.619 e. The van der Waals surface area contributed by atoms with Gasteiger partial charge in [0.05, 0.1) is 38.6 Å². The highest BCUT2D eigenvalue weighted by molar-refractivity contribution is 6.15. The second-order valence-electron chi connectivity index (χ2n) is 6.49. The Balaban J connectivity index is 2.50. The van der Waals surface area contributed by atoms with E-state index in [1.54, 1.807) is 30.3 Å². The van der Waals surface area contributed by atoms with E-state index in [0.29, 0.717) is 51.3 Å². The number of hydrogen-bond acceptors (Lipinski definition) is 7. The highest BCUT2D eigenvalue weighted by Gasteiger charge is 2.27. The predicted octanol–water partition coefficient (Wildman–Crippen LogP) is 3.51. The molecule has 0 bridgehead atoms. The van der Waals surface area contributed by atoms with Gasteiger partial charge in [-0.3, -0.25) is 0 Å². The number of benzene rings is 2. The predicted molar refractivity (Wildman–Crippen MR) is 113 cm³/mol. The first-order chi connectivity index (χ1) is 14.9. The van der Waals surface area contributed by atoms with Gasteiger partial charge in [0.1, 0.15) is 0 Å². The summed E-state index contributed by atoms with van der Waals surface area (Å²) in [5.41, 5.74) is 1.06. The van der Waals surface area contributed by atoms with Gasteiger partial charge in [0, 0.05) is 17.7 Å². The number of methoxy groups -OCH3 is 2. The Morgan fingerprint density at radius 3 is 2.03 bits per heavy atom. The highest BCUT2D eigenvalue weighted by Crippen LogP contribution is 2.41. The Hall–Kier alpha value is -3.81. The van der Waals surface area contributed by atoms with Gasteiger partial charge < -0.3 is 24.2 Å². The van der Waals surface area contributed by atoms with Crippen molar-refractivity contribution in [3.05, 3.63) is 59.1 Å². The Morgan fingerprint density at radius 1 is 0.903 bits per heavy atom. The number of nitrogens with zero attached hydrogens (tertiary/aromatic N) is 1. The number of carbonyl (C=O) groups is 2. The summed E-state index contributed by atoms with van der Waals surface area (Å²) in [6.45, 7) is 4.54. The van der Waals surface area contributed by atoms with Crippen LogP contribution in [0.4, 0.5) is 0 Å². The fourth-order valence-corrected chi connectivity index (χ4v) is 3.41. The van der Waals surface area contributed by atoms with Crippen LogP contribution in [-0.4, -0.2) is 39.4 Å². The van der Waals surface area contributed by atoms with Crippen molar-refractivity contribution < 1.29 is 33.3 Å². The van der Waals surface area contributed by atoms with Crippen molar-refractivity contribution in [2.75, 3.05) is 27.4 Å². The Bertz CT molecular complexity index is 1120. The number of pyridine rings is 1. The summed E-state index contributed by atoms with van der Waals surface area (Å²) in [5, 5.41) is 12.8. The number of carbonyl (C=O) groups excluding carboxylic acids is 2. The lowest BCUT2D eigenvalue weighted by atomic mass is 9.89. The molecule has 0 N–H and O–H groups in total. The largest absolute Gasteiger partial charge is 0.619 e. The molecular weight excluding hydrogens is 402 g/mol. The van der Waals surface area contributed by atoms with Crippen LogP contribution in [0.2, 0.25) is 0 Å². The molecule has 0 aliphatic rings. The molecule has 2 aromatic carbocycles. The van der Waals surface area contributed by atoms with Crippen molar-refractivity contribution in [1.29, 1.82) is 0 Å². The summed E-state index contributed by atoms with van der Waals surface area (Å²) in [6, 6.07) is 8.19. The molecule has 3 rings (SSSR count). The molecule has 0 aliphatic heterocycles. The van der Waals surface area contributed by atoms with Crippen LogP contribution in [0.1, 0.15) is 34.6 Å². The molecule has 0 atom stereocenters. The lowest BCUT2D eigenvalue weighted by Gasteiger charge is -2.18. The number of hydrogen-bond donors (Lipinski definition) is 0. The topological polar surface area (TPSA) is 98.0 Å². The monoisotopic (exact) mass is 425 g/mol. The van der Waals surface area contributed by atoms with E-state index in [-0.39, 0.29) is 11.1 Å². The van der Waals surface area contributed by atoms with Gasteiger partial charge in [-0.1, -0.05) is 0 Å². The lowest BCUT2D eigenvalue weighted by molar-refractivity contribution is -0.605. The second kappa shape index (κ2) is 9.34. The molecule has 8 heteroatoms. The van der Waals surface area contributed by atoms with Gasteiger partial charge in [-0.25, -0.2) is 9.59 Å². The van der Waals surface area contributed by atoms with E-state index < -0.39 is 11.9 Å². The van der Waals surface area contributed by atoms with E-state index >= 15 is 0 Å². The Kier molecular flexibility index (Phi) is 6.59. The molecule has 8 nitrogen and oxygen atoms in total. The van der Waals surface area contributed by atoms with Crippen LogP contribution in [0.3, 0.4) is 0 Å². The maximum atomic E-state index is 12.8. The van der Waals surface area contributed by atoms with Crippen molar-refractivity contribution in [3.8, 4) is 22.6 Å². The van der Waals surface area contributed by atoms with Crippen LogP contribution >= 0.6 is 0 Å². The van der Waals surface area contributed by atoms with Crippen LogP contribution in [-0.2, 0) is 9.47 Å². The molecule has 0 radical (unpaired) electrons. The molecule has 0 aliphatic carbocycles. The van der Waals surface area contributed by atoms with Crippen molar-refractivity contribution in [3.63, 3.8) is 0 Å². The Morgan fingerprint density at radius 2 is 1.48 bits per heavy atom. The van der Waals surface area contributed by atoms with E-state index in [9.17, 15) is 14.8 Å². The van der Waals surface area contributed by atoms with Crippen LogP contribution in [0.25, 0.3) is 21.9 Å². The van der Waals surface area contributed by atoms with Gasteiger partial charge >= 0.3 is 11.9 Å². The minimum atomic E-state index is -0.706. The number of fused-ring (bicyclic) bond motifs is 1. The van der Waals surface area contributed by atoms with E-state index in [0.717, 1.165) is 0 Å². The molecule has 162 valence electrons. The molecular formula is C23H23NO7. The third-order valence-corrected chi connectivity index (χ3v) is 4.69. The molecule has 3 aromatic rings. The number of rotatable bonds is 7. The molecule has 0 unspecified atom stereocenters. The number of ether oxygens (including phenoxy) is 4. The van der Waals surface area contributed by atoms with Gasteiger partial charge in [0.2, 0.25) is 0 Å². The van der Waals surface area contributed by atoms with E-state index in [2.05, 4.69) is 0 Å². The van der Waals surface area contributed by atoms with Crippen LogP contribution in [0.15, 0.2) is 42.7 Å². The molecule has 1 aromatic heterocycles. The summed E-state index contributed by atoms with van der Waals surface area (Å²) < 4.78 is 22.0. The molecule has 0 amide bonds. The summed E-state index contributed by atoms with van der Waals surface area (Å²) >= 11 is 0. The van der Waals surface area contributed by atoms with Crippen molar-refractivity contribution in [2.45, 2.75) is 13.8 Å². The Labute approximate surface area is 179 Å². The molecule has 0 fully saturated rings. The zero-order chi connectivity index (χ0) is 22.5. The average molecular weight is 425 g/mol. The fourth-order valence-electron chi connectivity index (χ4n) is 3.41. The van der Waals surface area contributed by atoms with E-state index in [4.69, 9.17) is 18.9 Å². The van der Waals surface area contributed by atoms with E-state index in [1.807, 2.05) is 13.8 Å². The zero-order valence-corrected chi connectivity index (χ0v) is 17.8. The SMILES string of the molecule is CCOc1cc2cc(C(=O)OC)c(C(=O)OC)c(-c3cc[n+]([O-])cc3)c2cc1OCC. The molecule has 31 heavy (non-hydrogen) atoms. The number of esters is 2. The summed E-state index contributed by atoms with van der Waals surface area (Å²) in [5.74, 6) is -0.391. The molecule has 0 spiro atoms. The molecule has 1 heterocycles. The van der Waals surface area contributed by atoms with Crippen LogP contribution in [0, 0.1) is 5.21 Å². The van der Waals surface area contributed by atoms with Gasteiger partial charge in [-0.15, -0.1) is 0 Å². The van der Waals surface area contributed by atoms with Crippen molar-refractivity contribution in [1.82, 2.24) is 0 Å². The number of aromatic nitrogens is 1. The second-order valence-corrected chi connectivity index (χ2v) is 6.49. The molecule has 0 saturated heterocycles. The van der Waals surface area contributed by atoms with Gasteiger partial charge in [-0.05, 0) is 48.4 Å². The van der Waals surface area contributed by atoms with Crippen LogP contribution in [0.5, 0.6) is 11.5 Å². The zero-order valence-electron chi connectivity index (χ0n) is 17.8. The van der Waals surface area contributed by atoms with Gasteiger partial charge in [0.15, 0.2) is 23.9 Å². The fraction of sp³-hybridized carbons (Fsp3) is 0.261. The third kappa shape index (κ3) is 4.23. The van der Waals surface area contributed by atoms with E-state index in [1.165, 1.54) is 26.6 Å². The summed E-state index contributed by atoms with van der Waals surface area (Å²) in [7, 11) is 2.47. The smallest absolute Gasteiger partial charge is 0.339 e. The lowest BCUT2D eigenvalue weighted by Crippen LogP contribution is -2.23. The van der Waals surface area contributed by atoms with Gasteiger partial charge in [-0.2, -0.15) is 4.73 Å². The van der Waals surface area contributed by atoms with Crippen molar-refractivity contribution in [2.24, 2.45) is 0 Å². The maximum absolute atomic E-state index is 12.8. The normalized spacial score (nSPS) is 10.6. The van der Waals surface area contributed by atoms with Gasteiger partial charge in [0.25, 0.3) is 0 Å².